The molecule has 1 atom stereocenters. The van der Waals surface area contributed by atoms with Gasteiger partial charge in [0.1, 0.15) is 5.75 Å². The second-order valence-corrected chi connectivity index (χ2v) is 9.69. The Bertz CT molecular complexity index is 1150. The summed E-state index contributed by atoms with van der Waals surface area (Å²) in [6, 6.07) is 11.6. The zero-order valence-corrected chi connectivity index (χ0v) is 19.4. The molecule has 0 bridgehead atoms. The number of hydrogen-bond donors (Lipinski definition) is 0. The van der Waals surface area contributed by atoms with E-state index in [1.165, 1.54) is 5.56 Å². The number of benzene rings is 1. The van der Waals surface area contributed by atoms with E-state index in [-0.39, 0.29) is 16.9 Å². The molecule has 0 saturated carbocycles. The van der Waals surface area contributed by atoms with E-state index in [0.29, 0.717) is 22.9 Å². The van der Waals surface area contributed by atoms with Crippen LogP contribution < -0.4 is 10.2 Å². The topological polar surface area (TPSA) is 44.1 Å². The zero-order valence-electron chi connectivity index (χ0n) is 18.6. The highest BCUT2D eigenvalue weighted by Gasteiger charge is 2.33. The molecule has 0 spiro atoms. The van der Waals surface area contributed by atoms with E-state index in [0.717, 1.165) is 36.3 Å². The maximum absolute atomic E-state index is 13.1. The molecule has 0 radical (unpaired) electrons. The van der Waals surface area contributed by atoms with Gasteiger partial charge in [-0.3, -0.25) is 9.78 Å². The van der Waals surface area contributed by atoms with Gasteiger partial charge in [0, 0.05) is 30.1 Å². The minimum Gasteiger partial charge on any atom is -0.492 e. The highest BCUT2D eigenvalue weighted by atomic mass is 35.5. The van der Waals surface area contributed by atoms with Crippen molar-refractivity contribution in [2.75, 3.05) is 6.61 Å². The quantitative estimate of drug-likeness (QED) is 0.426. The molecule has 0 amide bonds. The van der Waals surface area contributed by atoms with Crippen molar-refractivity contribution in [2.45, 2.75) is 53.0 Å². The number of rotatable bonds is 5. The van der Waals surface area contributed by atoms with Crippen molar-refractivity contribution in [1.29, 1.82) is 0 Å². The van der Waals surface area contributed by atoms with Crippen LogP contribution in [0.5, 0.6) is 5.75 Å². The molecule has 5 heteroatoms. The predicted octanol–water partition coefficient (Wildman–Crippen LogP) is 6.55. The molecule has 1 aromatic carbocycles. The normalized spacial score (nSPS) is 15.3. The lowest BCUT2D eigenvalue weighted by Crippen LogP contribution is -2.31. The molecular formula is C26H29ClN2O2. The van der Waals surface area contributed by atoms with Gasteiger partial charge < -0.3 is 9.30 Å². The van der Waals surface area contributed by atoms with Crippen molar-refractivity contribution >= 4 is 11.6 Å². The average molecular weight is 437 g/mol. The van der Waals surface area contributed by atoms with Gasteiger partial charge in [-0.1, -0.05) is 51.8 Å². The van der Waals surface area contributed by atoms with Gasteiger partial charge in [0.25, 0.3) is 0 Å². The SMILES string of the molecule is CCCCOc1cc2c(cc1Cl)-c1cc(=O)c(-c3ccccn3)cn1C(C(C)(C)C)C2. The van der Waals surface area contributed by atoms with Crippen molar-refractivity contribution in [3.8, 4) is 28.3 Å². The van der Waals surface area contributed by atoms with Gasteiger partial charge in [-0.2, -0.15) is 0 Å². The number of halogens is 1. The van der Waals surface area contributed by atoms with E-state index in [2.05, 4.69) is 43.3 Å². The van der Waals surface area contributed by atoms with Crippen LogP contribution in [0.1, 0.15) is 52.1 Å². The predicted molar refractivity (Wildman–Crippen MR) is 127 cm³/mol. The Balaban J connectivity index is 1.87. The Kier molecular flexibility index (Phi) is 5.94. The molecule has 0 saturated heterocycles. The number of unbranched alkanes of at least 4 members (excludes halogenated alkanes) is 1. The standard InChI is InChI=1S/C26H29ClN2O2/c1-5-6-11-31-24-12-17-13-25(26(2,3)4)29-16-19(21-9-7-8-10-28-21)23(30)15-22(29)18(17)14-20(24)27/h7-10,12,14-16,25H,5-6,11,13H2,1-4H3. The zero-order chi connectivity index (χ0) is 22.2. The Hall–Kier alpha value is -2.59. The van der Waals surface area contributed by atoms with Crippen LogP contribution in [-0.2, 0) is 6.42 Å². The lowest BCUT2D eigenvalue weighted by atomic mass is 9.78. The summed E-state index contributed by atoms with van der Waals surface area (Å²) in [6.07, 6.45) is 6.60. The molecule has 0 fully saturated rings. The monoisotopic (exact) mass is 436 g/mol. The lowest BCUT2D eigenvalue weighted by molar-refractivity contribution is 0.237. The Labute approximate surface area is 188 Å². The summed E-state index contributed by atoms with van der Waals surface area (Å²) in [5.41, 5.74) is 4.33. The number of pyridine rings is 2. The van der Waals surface area contributed by atoms with E-state index in [4.69, 9.17) is 16.3 Å². The molecule has 4 nitrogen and oxygen atoms in total. The molecule has 2 aromatic heterocycles. The maximum atomic E-state index is 13.1. The molecule has 3 aromatic rings. The Morgan fingerprint density at radius 3 is 2.68 bits per heavy atom. The van der Waals surface area contributed by atoms with E-state index in [1.807, 2.05) is 30.5 Å². The van der Waals surface area contributed by atoms with Gasteiger partial charge in [-0.05, 0) is 48.1 Å². The minimum absolute atomic E-state index is 0.00817. The molecular weight excluding hydrogens is 408 g/mol. The van der Waals surface area contributed by atoms with Crippen LogP contribution in [-0.4, -0.2) is 16.2 Å². The third kappa shape index (κ3) is 4.27. The smallest absolute Gasteiger partial charge is 0.191 e. The van der Waals surface area contributed by atoms with Crippen molar-refractivity contribution < 1.29 is 4.74 Å². The highest BCUT2D eigenvalue weighted by Crippen LogP contribution is 2.45. The molecule has 4 rings (SSSR count). The van der Waals surface area contributed by atoms with Crippen LogP contribution in [0.2, 0.25) is 5.02 Å². The van der Waals surface area contributed by atoms with E-state index < -0.39 is 0 Å². The van der Waals surface area contributed by atoms with Gasteiger partial charge >= 0.3 is 0 Å². The van der Waals surface area contributed by atoms with E-state index in [9.17, 15) is 4.79 Å². The third-order valence-corrected chi connectivity index (χ3v) is 6.25. The fourth-order valence-electron chi connectivity index (χ4n) is 4.21. The van der Waals surface area contributed by atoms with Crippen LogP contribution >= 0.6 is 11.6 Å². The van der Waals surface area contributed by atoms with Crippen molar-refractivity contribution in [3.63, 3.8) is 0 Å². The van der Waals surface area contributed by atoms with Gasteiger partial charge in [0.05, 0.1) is 28.6 Å². The maximum Gasteiger partial charge on any atom is 0.191 e. The number of hydrogen-bond acceptors (Lipinski definition) is 3. The van der Waals surface area contributed by atoms with Crippen LogP contribution in [0.15, 0.2) is 53.6 Å². The van der Waals surface area contributed by atoms with Gasteiger partial charge in [-0.15, -0.1) is 0 Å². The molecule has 0 aliphatic carbocycles. The largest absolute Gasteiger partial charge is 0.492 e. The fraction of sp³-hybridized carbons (Fsp3) is 0.385. The average Bonchev–Trinajstić information content (AvgIpc) is 2.73. The van der Waals surface area contributed by atoms with Gasteiger partial charge in [0.15, 0.2) is 5.43 Å². The van der Waals surface area contributed by atoms with E-state index >= 15 is 0 Å². The fourth-order valence-corrected chi connectivity index (χ4v) is 4.43. The molecule has 162 valence electrons. The summed E-state index contributed by atoms with van der Waals surface area (Å²) >= 11 is 6.58. The number of fused-ring (bicyclic) bond motifs is 3. The molecule has 3 heterocycles. The number of aromatic nitrogens is 2. The van der Waals surface area contributed by atoms with Crippen LogP contribution in [0.4, 0.5) is 0 Å². The molecule has 0 N–H and O–H groups in total. The van der Waals surface area contributed by atoms with Gasteiger partial charge in [0.2, 0.25) is 0 Å². The summed E-state index contributed by atoms with van der Waals surface area (Å²) in [5.74, 6) is 0.724. The summed E-state index contributed by atoms with van der Waals surface area (Å²) in [6.45, 7) is 9.50. The first-order chi connectivity index (χ1) is 14.8. The summed E-state index contributed by atoms with van der Waals surface area (Å²) in [7, 11) is 0. The second-order valence-electron chi connectivity index (χ2n) is 9.29. The molecule has 1 aliphatic heterocycles. The van der Waals surface area contributed by atoms with Crippen LogP contribution in [0, 0.1) is 5.41 Å². The van der Waals surface area contributed by atoms with Crippen LogP contribution in [0.3, 0.4) is 0 Å². The highest BCUT2D eigenvalue weighted by molar-refractivity contribution is 6.32. The molecule has 1 aliphatic rings. The lowest BCUT2D eigenvalue weighted by Gasteiger charge is -2.39. The molecule has 31 heavy (non-hydrogen) atoms. The molecule has 1 unspecified atom stereocenters. The Morgan fingerprint density at radius 2 is 2.00 bits per heavy atom. The summed E-state index contributed by atoms with van der Waals surface area (Å²) in [4.78, 5) is 17.5. The Morgan fingerprint density at radius 1 is 1.19 bits per heavy atom. The van der Waals surface area contributed by atoms with Crippen LogP contribution in [0.25, 0.3) is 22.5 Å². The minimum atomic E-state index is -0.0372. The number of ether oxygens (including phenoxy) is 1. The van der Waals surface area contributed by atoms with Gasteiger partial charge in [-0.25, -0.2) is 0 Å². The van der Waals surface area contributed by atoms with E-state index in [1.54, 1.807) is 12.3 Å². The van der Waals surface area contributed by atoms with Crippen molar-refractivity contribution in [1.82, 2.24) is 9.55 Å². The summed E-state index contributed by atoms with van der Waals surface area (Å²) < 4.78 is 8.18. The first-order valence-corrected chi connectivity index (χ1v) is 11.3. The summed E-state index contributed by atoms with van der Waals surface area (Å²) in [5, 5.41) is 0.580. The third-order valence-electron chi connectivity index (χ3n) is 5.96. The van der Waals surface area contributed by atoms with Crippen molar-refractivity contribution in [3.05, 3.63) is 69.6 Å². The second kappa shape index (κ2) is 8.51. The van der Waals surface area contributed by atoms with Crippen molar-refractivity contribution in [2.24, 2.45) is 5.41 Å². The first kappa shape index (κ1) is 21.6. The first-order valence-electron chi connectivity index (χ1n) is 10.9. The number of nitrogens with zero attached hydrogens (tertiary/aromatic N) is 2.